The number of rotatable bonds is 4. The molecule has 4 N–H and O–H groups in total. The van der Waals surface area contributed by atoms with E-state index in [0.29, 0.717) is 0 Å². The summed E-state index contributed by atoms with van der Waals surface area (Å²) in [7, 11) is 1.39. The monoisotopic (exact) mass is 291 g/mol. The van der Waals surface area contributed by atoms with E-state index in [1.807, 2.05) is 5.43 Å². The summed E-state index contributed by atoms with van der Waals surface area (Å²) in [5.74, 6) is 4.46. The highest BCUT2D eigenvalue weighted by molar-refractivity contribution is 6.00. The molecule has 5 nitrogen and oxygen atoms in total. The number of aliphatic hydroxyl groups excluding tert-OH is 1. The molecule has 0 radical (unpaired) electrons. The van der Waals surface area contributed by atoms with Crippen LogP contribution in [-0.2, 0) is 6.18 Å². The Labute approximate surface area is 114 Å². The van der Waals surface area contributed by atoms with Crippen molar-refractivity contribution in [1.29, 1.82) is 0 Å². The summed E-state index contributed by atoms with van der Waals surface area (Å²) >= 11 is 0. The van der Waals surface area contributed by atoms with Gasteiger partial charge >= 0.3 is 6.18 Å². The highest BCUT2D eigenvalue weighted by atomic mass is 19.4. The van der Waals surface area contributed by atoms with Crippen LogP contribution >= 0.6 is 0 Å². The summed E-state index contributed by atoms with van der Waals surface area (Å²) in [6, 6.07) is 2.69. The lowest BCUT2D eigenvalue weighted by atomic mass is 10.1. The molecule has 0 aliphatic rings. The SMILES string of the molecule is CC(CO)N(C)C(=O)c1cccc(C(F)(F)F)c1NN. The summed E-state index contributed by atoms with van der Waals surface area (Å²) in [5.41, 5.74) is 0.228. The molecule has 20 heavy (non-hydrogen) atoms. The predicted molar refractivity (Wildman–Crippen MR) is 67.9 cm³/mol. The van der Waals surface area contributed by atoms with Gasteiger partial charge in [-0.1, -0.05) is 6.07 Å². The van der Waals surface area contributed by atoms with E-state index in [4.69, 9.17) is 10.9 Å². The molecule has 1 atom stereocenters. The molecular formula is C12H16F3N3O2. The first-order valence-electron chi connectivity index (χ1n) is 5.78. The molecule has 0 saturated carbocycles. The van der Waals surface area contributed by atoms with Crippen molar-refractivity contribution in [2.75, 3.05) is 19.1 Å². The van der Waals surface area contributed by atoms with Gasteiger partial charge in [0.15, 0.2) is 0 Å². The van der Waals surface area contributed by atoms with E-state index in [9.17, 15) is 18.0 Å². The van der Waals surface area contributed by atoms with Crippen LogP contribution in [0, 0.1) is 0 Å². The van der Waals surface area contributed by atoms with Crippen LogP contribution in [-0.4, -0.2) is 35.6 Å². The zero-order valence-electron chi connectivity index (χ0n) is 11.0. The molecule has 0 aromatic heterocycles. The largest absolute Gasteiger partial charge is 0.418 e. The molecule has 0 fully saturated rings. The Kier molecular flexibility index (Phi) is 4.96. The van der Waals surface area contributed by atoms with Gasteiger partial charge in [0, 0.05) is 7.05 Å². The molecule has 0 spiro atoms. The van der Waals surface area contributed by atoms with Gasteiger partial charge in [-0.05, 0) is 19.1 Å². The molecule has 1 rings (SSSR count). The van der Waals surface area contributed by atoms with Crippen molar-refractivity contribution in [3.63, 3.8) is 0 Å². The maximum atomic E-state index is 12.8. The number of benzene rings is 1. The quantitative estimate of drug-likeness (QED) is 0.579. The first-order chi connectivity index (χ1) is 9.23. The van der Waals surface area contributed by atoms with Crippen LogP contribution in [0.15, 0.2) is 18.2 Å². The van der Waals surface area contributed by atoms with Crippen LogP contribution in [0.3, 0.4) is 0 Å². The minimum Gasteiger partial charge on any atom is -0.394 e. The van der Waals surface area contributed by atoms with E-state index in [1.54, 1.807) is 6.92 Å². The van der Waals surface area contributed by atoms with Crippen molar-refractivity contribution >= 4 is 11.6 Å². The summed E-state index contributed by atoms with van der Waals surface area (Å²) in [6.07, 6.45) is -4.63. The number of nitrogens with one attached hydrogen (secondary N) is 1. The van der Waals surface area contributed by atoms with Gasteiger partial charge in [-0.3, -0.25) is 10.6 Å². The van der Waals surface area contributed by atoms with Crippen LogP contribution < -0.4 is 11.3 Å². The molecule has 0 saturated heterocycles. The summed E-state index contributed by atoms with van der Waals surface area (Å²) in [6.45, 7) is 1.27. The number of carbonyl (C=O) groups excluding carboxylic acids is 1. The molecule has 1 amide bonds. The number of alkyl halides is 3. The number of anilines is 1. The van der Waals surface area contributed by atoms with E-state index >= 15 is 0 Å². The smallest absolute Gasteiger partial charge is 0.394 e. The second-order valence-corrected chi connectivity index (χ2v) is 4.32. The standard InChI is InChI=1S/C12H16F3N3O2/c1-7(6-19)18(2)11(20)8-4-3-5-9(10(8)17-16)12(13,14)15/h3-5,7,17,19H,6,16H2,1-2H3. The van der Waals surface area contributed by atoms with Crippen LogP contribution in [0.2, 0.25) is 0 Å². The molecule has 112 valence electrons. The van der Waals surface area contributed by atoms with Crippen LogP contribution in [0.4, 0.5) is 18.9 Å². The number of hydrazine groups is 1. The van der Waals surface area contributed by atoms with E-state index < -0.39 is 29.4 Å². The number of hydrogen-bond donors (Lipinski definition) is 3. The number of nitrogens with two attached hydrogens (primary N) is 1. The van der Waals surface area contributed by atoms with E-state index in [1.165, 1.54) is 13.1 Å². The minimum atomic E-state index is -4.63. The zero-order chi connectivity index (χ0) is 15.5. The number of para-hydroxylation sites is 1. The maximum Gasteiger partial charge on any atom is 0.418 e. The number of carbonyl (C=O) groups is 1. The minimum absolute atomic E-state index is 0.204. The number of hydrogen-bond acceptors (Lipinski definition) is 4. The summed E-state index contributed by atoms with van der Waals surface area (Å²) < 4.78 is 38.5. The number of amides is 1. The van der Waals surface area contributed by atoms with Crippen molar-refractivity contribution < 1.29 is 23.1 Å². The number of likely N-dealkylation sites (N-methyl/N-ethyl adjacent to an activating group) is 1. The van der Waals surface area contributed by atoms with Crippen LogP contribution in [0.5, 0.6) is 0 Å². The van der Waals surface area contributed by atoms with Gasteiger partial charge in [0.05, 0.1) is 29.5 Å². The molecule has 1 unspecified atom stereocenters. The zero-order valence-corrected chi connectivity index (χ0v) is 11.0. The second kappa shape index (κ2) is 6.10. The average Bonchev–Trinajstić information content (AvgIpc) is 2.42. The van der Waals surface area contributed by atoms with E-state index in [-0.39, 0.29) is 12.2 Å². The number of nitrogens with zero attached hydrogens (tertiary/aromatic N) is 1. The Morgan fingerprint density at radius 3 is 2.55 bits per heavy atom. The Bertz CT molecular complexity index is 491. The van der Waals surface area contributed by atoms with Crippen molar-refractivity contribution in [3.8, 4) is 0 Å². The van der Waals surface area contributed by atoms with Gasteiger partial charge in [-0.2, -0.15) is 13.2 Å². The van der Waals surface area contributed by atoms with Gasteiger partial charge in [0.1, 0.15) is 0 Å². The molecular weight excluding hydrogens is 275 g/mol. The lowest BCUT2D eigenvalue weighted by Gasteiger charge is -2.25. The van der Waals surface area contributed by atoms with Crippen molar-refractivity contribution in [2.45, 2.75) is 19.1 Å². The normalized spacial score (nSPS) is 12.9. The molecule has 1 aromatic rings. The second-order valence-electron chi connectivity index (χ2n) is 4.32. The number of halogens is 3. The third-order valence-corrected chi connectivity index (χ3v) is 2.99. The van der Waals surface area contributed by atoms with Crippen LogP contribution in [0.25, 0.3) is 0 Å². The number of nitrogen functional groups attached to an aromatic ring is 1. The van der Waals surface area contributed by atoms with Crippen molar-refractivity contribution in [3.05, 3.63) is 29.3 Å². The molecule has 0 aliphatic heterocycles. The molecule has 1 aromatic carbocycles. The van der Waals surface area contributed by atoms with Gasteiger partial charge in [0.25, 0.3) is 5.91 Å². The molecule has 0 heterocycles. The summed E-state index contributed by atoms with van der Waals surface area (Å²) in [4.78, 5) is 13.3. The van der Waals surface area contributed by atoms with Gasteiger partial charge < -0.3 is 15.4 Å². The molecule has 0 aliphatic carbocycles. The lowest BCUT2D eigenvalue weighted by molar-refractivity contribution is -0.137. The molecule has 8 heteroatoms. The predicted octanol–water partition coefficient (Wildman–Crippen LogP) is 1.44. The fraction of sp³-hybridized carbons (Fsp3) is 0.417. The Morgan fingerprint density at radius 1 is 1.50 bits per heavy atom. The van der Waals surface area contributed by atoms with Crippen molar-refractivity contribution in [1.82, 2.24) is 4.90 Å². The van der Waals surface area contributed by atoms with E-state index in [2.05, 4.69) is 0 Å². The summed E-state index contributed by atoms with van der Waals surface area (Å²) in [5, 5.41) is 9.00. The topological polar surface area (TPSA) is 78.6 Å². The fourth-order valence-corrected chi connectivity index (χ4v) is 1.63. The first kappa shape index (κ1) is 16.3. The fourth-order valence-electron chi connectivity index (χ4n) is 1.63. The average molecular weight is 291 g/mol. The maximum absolute atomic E-state index is 12.8. The Morgan fingerprint density at radius 2 is 2.10 bits per heavy atom. The highest BCUT2D eigenvalue weighted by Gasteiger charge is 2.35. The lowest BCUT2D eigenvalue weighted by Crippen LogP contribution is -2.38. The van der Waals surface area contributed by atoms with Gasteiger partial charge in [0.2, 0.25) is 0 Å². The molecule has 0 bridgehead atoms. The van der Waals surface area contributed by atoms with E-state index in [0.717, 1.165) is 17.0 Å². The Hall–Kier alpha value is -1.80. The Balaban J connectivity index is 3.29. The highest BCUT2D eigenvalue weighted by Crippen LogP contribution is 2.36. The van der Waals surface area contributed by atoms with Gasteiger partial charge in [-0.25, -0.2) is 0 Å². The third kappa shape index (κ3) is 3.20. The third-order valence-electron chi connectivity index (χ3n) is 2.99. The van der Waals surface area contributed by atoms with Crippen LogP contribution in [0.1, 0.15) is 22.8 Å². The van der Waals surface area contributed by atoms with Crippen molar-refractivity contribution in [2.24, 2.45) is 5.84 Å². The first-order valence-corrected chi connectivity index (χ1v) is 5.78. The van der Waals surface area contributed by atoms with Gasteiger partial charge in [-0.15, -0.1) is 0 Å². The number of aliphatic hydroxyl groups is 1.